The fraction of sp³-hybridized carbons (Fsp3) is 0.913. The first kappa shape index (κ1) is 19.3. The summed E-state index contributed by atoms with van der Waals surface area (Å²) in [5.41, 5.74) is 0.870. The molecule has 0 N–H and O–H groups in total. The maximum Gasteiger partial charge on any atom is 0.305 e. The SMILES string of the molecule is CCC(=O)OCC1(C)CCC2C(C1)C1CC13C[C@](C)(COC(=O)CC)CC23. The highest BCUT2D eigenvalue weighted by Crippen LogP contribution is 2.82. The molecule has 0 aromatic carbocycles. The van der Waals surface area contributed by atoms with Gasteiger partial charge >= 0.3 is 11.9 Å². The second-order valence-corrected chi connectivity index (χ2v) is 10.8. The second kappa shape index (κ2) is 6.49. The summed E-state index contributed by atoms with van der Waals surface area (Å²) in [5, 5.41) is 0. The van der Waals surface area contributed by atoms with Crippen LogP contribution in [-0.4, -0.2) is 25.2 Å². The van der Waals surface area contributed by atoms with Crippen molar-refractivity contribution in [2.45, 2.75) is 79.1 Å². The van der Waals surface area contributed by atoms with E-state index in [9.17, 15) is 9.59 Å². The Kier molecular flexibility index (Phi) is 4.63. The number of fused-ring (bicyclic) bond motifs is 3. The summed E-state index contributed by atoms with van der Waals surface area (Å²) in [6, 6.07) is 0. The average molecular weight is 377 g/mol. The minimum Gasteiger partial charge on any atom is -0.465 e. The van der Waals surface area contributed by atoms with E-state index in [1.54, 1.807) is 0 Å². The molecule has 152 valence electrons. The van der Waals surface area contributed by atoms with Gasteiger partial charge in [-0.3, -0.25) is 9.59 Å². The van der Waals surface area contributed by atoms with Crippen LogP contribution in [0.15, 0.2) is 0 Å². The fourth-order valence-corrected chi connectivity index (χ4v) is 7.31. The Labute approximate surface area is 163 Å². The lowest BCUT2D eigenvalue weighted by Crippen LogP contribution is -2.37. The molecule has 0 aromatic heterocycles. The quantitative estimate of drug-likeness (QED) is 0.628. The zero-order valence-corrected chi connectivity index (χ0v) is 17.5. The lowest BCUT2D eigenvalue weighted by Gasteiger charge is -2.43. The summed E-state index contributed by atoms with van der Waals surface area (Å²) in [6.07, 6.45) is 8.45. The van der Waals surface area contributed by atoms with E-state index in [2.05, 4.69) is 13.8 Å². The molecular formula is C23H36O4. The van der Waals surface area contributed by atoms with Gasteiger partial charge in [-0.05, 0) is 67.6 Å². The van der Waals surface area contributed by atoms with E-state index in [4.69, 9.17) is 9.47 Å². The highest BCUT2D eigenvalue weighted by Gasteiger charge is 2.75. The molecule has 6 unspecified atom stereocenters. The highest BCUT2D eigenvalue weighted by molar-refractivity contribution is 5.69. The predicted molar refractivity (Wildman–Crippen MR) is 103 cm³/mol. The van der Waals surface area contributed by atoms with Crippen molar-refractivity contribution in [3.8, 4) is 0 Å². The Bertz CT molecular complexity index is 630. The minimum atomic E-state index is -0.0677. The van der Waals surface area contributed by atoms with Crippen LogP contribution in [0.5, 0.6) is 0 Å². The van der Waals surface area contributed by atoms with Crippen LogP contribution in [0.3, 0.4) is 0 Å². The molecule has 4 nitrogen and oxygen atoms in total. The van der Waals surface area contributed by atoms with Crippen LogP contribution >= 0.6 is 0 Å². The van der Waals surface area contributed by atoms with E-state index in [0.717, 1.165) is 23.7 Å². The Balaban J connectivity index is 1.39. The number of esters is 2. The topological polar surface area (TPSA) is 52.6 Å². The largest absolute Gasteiger partial charge is 0.465 e. The van der Waals surface area contributed by atoms with Crippen LogP contribution in [0.25, 0.3) is 0 Å². The standard InChI is InChI=1S/C23H36O4/c1-5-19(24)26-13-21(3)8-7-15-16(9-21)18-11-23(18)12-22(4,10-17(15)23)14-27-20(25)6-2/h15-18H,5-14H2,1-4H3/t15?,16?,17?,18?,21?,22-,23?/m1/s1. The summed E-state index contributed by atoms with van der Waals surface area (Å²) < 4.78 is 11.1. The monoisotopic (exact) mass is 376 g/mol. The molecule has 7 atom stereocenters. The van der Waals surface area contributed by atoms with Crippen molar-refractivity contribution >= 4 is 11.9 Å². The average Bonchev–Trinajstić information content (AvgIpc) is 3.20. The van der Waals surface area contributed by atoms with Crippen LogP contribution in [0.1, 0.15) is 79.1 Å². The van der Waals surface area contributed by atoms with E-state index in [0.29, 0.717) is 31.5 Å². The zero-order chi connectivity index (χ0) is 19.4. The first-order valence-corrected chi connectivity index (χ1v) is 11.1. The van der Waals surface area contributed by atoms with Crippen molar-refractivity contribution in [3.63, 3.8) is 0 Å². The fourth-order valence-electron chi connectivity index (χ4n) is 7.31. The van der Waals surface area contributed by atoms with Gasteiger partial charge in [0.05, 0.1) is 13.2 Å². The molecule has 4 aliphatic carbocycles. The van der Waals surface area contributed by atoms with Crippen LogP contribution in [0, 0.1) is 39.9 Å². The first-order chi connectivity index (χ1) is 12.7. The molecule has 27 heavy (non-hydrogen) atoms. The van der Waals surface area contributed by atoms with Crippen molar-refractivity contribution in [3.05, 3.63) is 0 Å². The van der Waals surface area contributed by atoms with Crippen LogP contribution in [0.4, 0.5) is 0 Å². The van der Waals surface area contributed by atoms with Gasteiger partial charge in [0.1, 0.15) is 0 Å². The third-order valence-electron chi connectivity index (χ3n) is 8.52. The Morgan fingerprint density at radius 3 is 2.07 bits per heavy atom. The van der Waals surface area contributed by atoms with E-state index in [-0.39, 0.29) is 22.8 Å². The molecule has 4 heteroatoms. The normalized spacial score (nSPS) is 47.0. The van der Waals surface area contributed by atoms with Gasteiger partial charge in [0.25, 0.3) is 0 Å². The summed E-state index contributed by atoms with van der Waals surface area (Å²) >= 11 is 0. The van der Waals surface area contributed by atoms with Crippen molar-refractivity contribution in [1.29, 1.82) is 0 Å². The Morgan fingerprint density at radius 1 is 0.852 bits per heavy atom. The second-order valence-electron chi connectivity index (χ2n) is 10.8. The first-order valence-electron chi connectivity index (χ1n) is 11.1. The molecular weight excluding hydrogens is 340 g/mol. The molecule has 0 amide bonds. The van der Waals surface area contributed by atoms with Crippen molar-refractivity contribution < 1.29 is 19.1 Å². The van der Waals surface area contributed by atoms with Crippen LogP contribution in [0.2, 0.25) is 0 Å². The molecule has 4 aliphatic rings. The molecule has 0 saturated heterocycles. The molecule has 0 bridgehead atoms. The van der Waals surface area contributed by atoms with Crippen LogP contribution < -0.4 is 0 Å². The molecule has 0 radical (unpaired) electrons. The molecule has 1 spiro atoms. The minimum absolute atomic E-state index is 0.0638. The lowest BCUT2D eigenvalue weighted by atomic mass is 9.63. The van der Waals surface area contributed by atoms with Crippen molar-refractivity contribution in [2.24, 2.45) is 39.9 Å². The third-order valence-corrected chi connectivity index (χ3v) is 8.52. The van der Waals surface area contributed by atoms with Gasteiger partial charge in [-0.1, -0.05) is 27.7 Å². The highest BCUT2D eigenvalue weighted by atomic mass is 16.5. The zero-order valence-electron chi connectivity index (χ0n) is 17.5. The molecule has 4 saturated carbocycles. The van der Waals surface area contributed by atoms with Crippen LogP contribution in [-0.2, 0) is 19.1 Å². The predicted octanol–water partition coefficient (Wildman–Crippen LogP) is 4.75. The molecule has 0 heterocycles. The number of ether oxygens (including phenoxy) is 2. The Morgan fingerprint density at radius 2 is 1.44 bits per heavy atom. The number of hydrogen-bond acceptors (Lipinski definition) is 4. The lowest BCUT2D eigenvalue weighted by molar-refractivity contribution is -0.148. The van der Waals surface area contributed by atoms with Gasteiger partial charge in [0.2, 0.25) is 0 Å². The maximum absolute atomic E-state index is 11.6. The Hall–Kier alpha value is -1.06. The molecule has 0 aliphatic heterocycles. The van der Waals surface area contributed by atoms with Gasteiger partial charge < -0.3 is 9.47 Å². The molecule has 0 aromatic rings. The van der Waals surface area contributed by atoms with E-state index < -0.39 is 0 Å². The molecule has 4 rings (SSSR count). The van der Waals surface area contributed by atoms with E-state index >= 15 is 0 Å². The van der Waals surface area contributed by atoms with Crippen molar-refractivity contribution in [2.75, 3.05) is 13.2 Å². The maximum atomic E-state index is 11.6. The van der Waals surface area contributed by atoms with Gasteiger partial charge in [0, 0.05) is 23.7 Å². The van der Waals surface area contributed by atoms with Gasteiger partial charge in [0.15, 0.2) is 0 Å². The third kappa shape index (κ3) is 3.21. The number of carbonyl (C=O) groups is 2. The van der Waals surface area contributed by atoms with Gasteiger partial charge in [-0.15, -0.1) is 0 Å². The van der Waals surface area contributed by atoms with Crippen molar-refractivity contribution in [1.82, 2.24) is 0 Å². The number of hydrogen-bond donors (Lipinski definition) is 0. The van der Waals surface area contributed by atoms with E-state index in [1.807, 2.05) is 13.8 Å². The summed E-state index contributed by atoms with van der Waals surface area (Å²) in [7, 11) is 0. The molecule has 4 fully saturated rings. The smallest absolute Gasteiger partial charge is 0.305 e. The summed E-state index contributed by atoms with van der Waals surface area (Å²) in [4.78, 5) is 23.2. The summed E-state index contributed by atoms with van der Waals surface area (Å²) in [6.45, 7) is 9.59. The van der Waals surface area contributed by atoms with E-state index in [1.165, 1.54) is 38.5 Å². The summed E-state index contributed by atoms with van der Waals surface area (Å²) in [5.74, 6) is 3.20. The van der Waals surface area contributed by atoms with Gasteiger partial charge in [-0.2, -0.15) is 0 Å². The number of rotatable bonds is 6. The van der Waals surface area contributed by atoms with Gasteiger partial charge in [-0.25, -0.2) is 0 Å². The number of carbonyl (C=O) groups excluding carboxylic acids is 2.